The van der Waals surface area contributed by atoms with Crippen molar-refractivity contribution in [1.29, 1.82) is 0 Å². The van der Waals surface area contributed by atoms with Crippen LogP contribution >= 0.6 is 7.60 Å². The quantitative estimate of drug-likeness (QED) is 0.352. The highest BCUT2D eigenvalue weighted by atomic mass is 31.2. The Bertz CT molecular complexity index is 1080. The fourth-order valence-electron chi connectivity index (χ4n) is 4.85. The smallest absolute Gasteiger partial charge is 0.356 e. The van der Waals surface area contributed by atoms with Crippen LogP contribution in [-0.4, -0.2) is 60.2 Å². The topological polar surface area (TPSA) is 107 Å². The maximum atomic E-state index is 13.1. The molecule has 190 valence electrons. The zero-order valence-electron chi connectivity index (χ0n) is 20.2. The van der Waals surface area contributed by atoms with Crippen molar-refractivity contribution in [2.75, 3.05) is 37.6 Å². The van der Waals surface area contributed by atoms with Crippen LogP contribution in [0.3, 0.4) is 0 Å². The van der Waals surface area contributed by atoms with Gasteiger partial charge in [-0.05, 0) is 69.5 Å². The first kappa shape index (κ1) is 25.6. The van der Waals surface area contributed by atoms with Gasteiger partial charge < -0.3 is 28.4 Å². The van der Waals surface area contributed by atoms with Gasteiger partial charge in [0.25, 0.3) is 0 Å². The minimum atomic E-state index is -3.21. The number of rotatable bonds is 11. The number of carbonyl (C=O) groups excluding carboxylic acids is 1. The van der Waals surface area contributed by atoms with Gasteiger partial charge in [-0.15, -0.1) is 0 Å². The van der Waals surface area contributed by atoms with Crippen LogP contribution in [0.2, 0.25) is 0 Å². The lowest BCUT2D eigenvalue weighted by molar-refractivity contribution is -0.138. The van der Waals surface area contributed by atoms with Crippen LogP contribution in [-0.2, 0) is 29.7 Å². The van der Waals surface area contributed by atoms with Gasteiger partial charge >= 0.3 is 13.6 Å². The van der Waals surface area contributed by atoms with Crippen molar-refractivity contribution in [3.8, 4) is 0 Å². The van der Waals surface area contributed by atoms with Crippen LogP contribution in [0.5, 0.6) is 0 Å². The Morgan fingerprint density at radius 1 is 0.971 bits per heavy atom. The summed E-state index contributed by atoms with van der Waals surface area (Å²) in [5.41, 5.74) is 2.84. The summed E-state index contributed by atoms with van der Waals surface area (Å²) in [6, 6.07) is 11.0. The molecule has 35 heavy (non-hydrogen) atoms. The summed E-state index contributed by atoms with van der Waals surface area (Å²) in [6.07, 6.45) is 2.05. The Morgan fingerprint density at radius 3 is 2.23 bits per heavy atom. The van der Waals surface area contributed by atoms with Gasteiger partial charge in [-0.2, -0.15) is 0 Å². The van der Waals surface area contributed by atoms with Crippen LogP contribution in [0, 0.1) is 0 Å². The standard InChI is InChI=1S/C25H33N2O7P/c1-3-33-35(31,34-4-2)17-32-20-11-14-26(15-12-20)19-7-5-18(6-8-19)24(28)23-10-9-22-21(25(29)30)13-16-27(22)23/h5-10,20-21H,3-4,11-17H2,1-2H3,(H,29,30). The molecule has 0 aliphatic carbocycles. The van der Waals surface area contributed by atoms with Gasteiger partial charge in [-0.25, -0.2) is 0 Å². The number of nitrogens with zero attached hydrogens (tertiary/aromatic N) is 2. The van der Waals surface area contributed by atoms with Gasteiger partial charge in [-0.1, -0.05) is 0 Å². The summed E-state index contributed by atoms with van der Waals surface area (Å²) >= 11 is 0. The van der Waals surface area contributed by atoms with E-state index in [1.807, 2.05) is 28.8 Å². The van der Waals surface area contributed by atoms with Gasteiger partial charge in [0.05, 0.1) is 30.9 Å². The molecule has 2 aromatic rings. The van der Waals surface area contributed by atoms with E-state index in [1.165, 1.54) is 0 Å². The van der Waals surface area contributed by atoms with Crippen LogP contribution in [0.25, 0.3) is 0 Å². The summed E-state index contributed by atoms with van der Waals surface area (Å²) in [5, 5.41) is 9.37. The van der Waals surface area contributed by atoms with Crippen molar-refractivity contribution >= 4 is 25.0 Å². The maximum Gasteiger partial charge on any atom is 0.356 e. The van der Waals surface area contributed by atoms with Crippen molar-refractivity contribution < 1.29 is 33.0 Å². The zero-order valence-corrected chi connectivity index (χ0v) is 21.1. The number of aromatic nitrogens is 1. The van der Waals surface area contributed by atoms with E-state index in [0.717, 1.165) is 31.6 Å². The van der Waals surface area contributed by atoms with E-state index in [-0.39, 0.29) is 18.2 Å². The molecule has 0 bridgehead atoms. The Morgan fingerprint density at radius 2 is 1.63 bits per heavy atom. The molecule has 1 fully saturated rings. The molecular weight excluding hydrogens is 471 g/mol. The van der Waals surface area contributed by atoms with Gasteiger partial charge in [0.15, 0.2) is 0 Å². The van der Waals surface area contributed by atoms with E-state index in [4.69, 9.17) is 13.8 Å². The number of piperidine rings is 1. The maximum absolute atomic E-state index is 13.1. The second-order valence-electron chi connectivity index (χ2n) is 8.78. The fourth-order valence-corrected chi connectivity index (χ4v) is 6.25. The molecule has 0 radical (unpaired) electrons. The molecule has 0 amide bonds. The molecule has 1 aromatic heterocycles. The second kappa shape index (κ2) is 11.1. The third-order valence-electron chi connectivity index (χ3n) is 6.60. The van der Waals surface area contributed by atoms with E-state index in [1.54, 1.807) is 26.0 Å². The summed E-state index contributed by atoms with van der Waals surface area (Å²) < 4.78 is 30.9. The number of carboxylic acids is 1. The van der Waals surface area contributed by atoms with Crippen molar-refractivity contribution in [3.05, 3.63) is 53.3 Å². The third-order valence-corrected chi connectivity index (χ3v) is 8.37. The number of aliphatic carboxylic acids is 1. The number of hydrogen-bond acceptors (Lipinski definition) is 7. The van der Waals surface area contributed by atoms with Crippen molar-refractivity contribution in [2.45, 2.75) is 51.7 Å². The first-order valence-corrected chi connectivity index (χ1v) is 13.9. The monoisotopic (exact) mass is 504 g/mol. The van der Waals surface area contributed by atoms with Crippen molar-refractivity contribution in [3.63, 3.8) is 0 Å². The molecule has 3 heterocycles. The summed E-state index contributed by atoms with van der Waals surface area (Å²) in [4.78, 5) is 26.7. The first-order valence-electron chi connectivity index (χ1n) is 12.2. The number of anilines is 1. The number of carbonyl (C=O) groups is 2. The van der Waals surface area contributed by atoms with Crippen LogP contribution in [0.4, 0.5) is 5.69 Å². The molecule has 9 nitrogen and oxygen atoms in total. The summed E-state index contributed by atoms with van der Waals surface area (Å²) in [6.45, 7) is 6.30. The predicted molar refractivity (Wildman–Crippen MR) is 131 cm³/mol. The van der Waals surface area contributed by atoms with E-state index < -0.39 is 19.5 Å². The number of hydrogen-bond donors (Lipinski definition) is 1. The summed E-state index contributed by atoms with van der Waals surface area (Å²) in [5.74, 6) is -1.50. The largest absolute Gasteiger partial charge is 0.481 e. The van der Waals surface area contributed by atoms with Crippen LogP contribution < -0.4 is 4.90 Å². The molecule has 1 saturated heterocycles. The molecule has 4 rings (SSSR count). The molecule has 1 N–H and O–H groups in total. The predicted octanol–water partition coefficient (Wildman–Crippen LogP) is 4.50. The number of ketones is 1. The van der Waals surface area contributed by atoms with Gasteiger partial charge in [0.2, 0.25) is 5.78 Å². The van der Waals surface area contributed by atoms with E-state index in [2.05, 4.69) is 4.90 Å². The summed E-state index contributed by atoms with van der Waals surface area (Å²) in [7, 11) is -3.21. The molecule has 0 saturated carbocycles. The molecule has 10 heteroatoms. The Hall–Kier alpha value is -2.45. The van der Waals surface area contributed by atoms with Crippen LogP contribution in [0.15, 0.2) is 36.4 Å². The third kappa shape index (κ3) is 5.70. The minimum absolute atomic E-state index is 0.00701. The van der Waals surface area contributed by atoms with E-state index in [0.29, 0.717) is 43.1 Å². The molecule has 1 aromatic carbocycles. The molecule has 1 unspecified atom stereocenters. The minimum Gasteiger partial charge on any atom is -0.481 e. The average Bonchev–Trinajstić information content (AvgIpc) is 3.46. The van der Waals surface area contributed by atoms with Gasteiger partial charge in [0, 0.05) is 36.6 Å². The number of carboxylic acid groups (broad SMARTS) is 1. The zero-order chi connectivity index (χ0) is 25.0. The Balaban J connectivity index is 1.33. The SMILES string of the molecule is CCOP(=O)(COC1CCN(c2ccc(C(=O)c3ccc4n3CCC4C(=O)O)cc2)CC1)OCC. The average molecular weight is 505 g/mol. The van der Waals surface area contributed by atoms with Crippen molar-refractivity contribution in [2.24, 2.45) is 0 Å². The van der Waals surface area contributed by atoms with E-state index >= 15 is 0 Å². The molecule has 2 aliphatic heterocycles. The second-order valence-corrected chi connectivity index (χ2v) is 10.8. The molecule has 0 spiro atoms. The van der Waals surface area contributed by atoms with Gasteiger partial charge in [-0.3, -0.25) is 14.2 Å². The Kier molecular flexibility index (Phi) is 8.12. The highest BCUT2D eigenvalue weighted by Gasteiger charge is 2.32. The number of ether oxygens (including phenoxy) is 1. The van der Waals surface area contributed by atoms with E-state index in [9.17, 15) is 19.3 Å². The molecular formula is C25H33N2O7P. The van der Waals surface area contributed by atoms with Crippen LogP contribution in [0.1, 0.15) is 60.8 Å². The first-order chi connectivity index (χ1) is 16.8. The molecule has 1 atom stereocenters. The van der Waals surface area contributed by atoms with Crippen molar-refractivity contribution in [1.82, 2.24) is 4.57 Å². The highest BCUT2D eigenvalue weighted by molar-refractivity contribution is 7.53. The molecule has 2 aliphatic rings. The lowest BCUT2D eigenvalue weighted by Gasteiger charge is -2.34. The number of fused-ring (bicyclic) bond motifs is 1. The number of benzene rings is 1. The fraction of sp³-hybridized carbons (Fsp3) is 0.520. The van der Waals surface area contributed by atoms with Gasteiger partial charge in [0.1, 0.15) is 6.35 Å². The normalized spacial score (nSPS) is 18.6. The lowest BCUT2D eigenvalue weighted by Crippen LogP contribution is -2.37. The highest BCUT2D eigenvalue weighted by Crippen LogP contribution is 2.48. The Labute approximate surface area is 205 Å². The lowest BCUT2D eigenvalue weighted by atomic mass is 10.0.